The molecule has 1 N–H and O–H groups in total. The first-order valence-corrected chi connectivity index (χ1v) is 9.58. The van der Waals surface area contributed by atoms with Crippen molar-refractivity contribution in [1.29, 1.82) is 0 Å². The quantitative estimate of drug-likeness (QED) is 0.724. The molecule has 1 atom stereocenters. The Morgan fingerprint density at radius 3 is 2.72 bits per heavy atom. The highest BCUT2D eigenvalue weighted by molar-refractivity contribution is 5.96. The lowest BCUT2D eigenvalue weighted by molar-refractivity contribution is 0.0415. The molecule has 0 aromatic carbocycles. The zero-order chi connectivity index (χ0) is 20.8. The highest BCUT2D eigenvalue weighted by Gasteiger charge is 2.37. The number of aromatic nitrogens is 4. The van der Waals surface area contributed by atoms with Crippen LogP contribution in [0.15, 0.2) is 35.3 Å². The van der Waals surface area contributed by atoms with E-state index in [1.165, 1.54) is 0 Å². The second-order valence-corrected chi connectivity index (χ2v) is 8.44. The number of carbonyl (C=O) groups is 2. The average molecular weight is 396 g/mol. The van der Waals surface area contributed by atoms with E-state index in [0.717, 1.165) is 5.39 Å². The zero-order valence-corrected chi connectivity index (χ0v) is 16.9. The minimum absolute atomic E-state index is 0.0991. The molecule has 0 radical (unpaired) electrons. The summed E-state index contributed by atoms with van der Waals surface area (Å²) in [7, 11) is 0. The molecule has 2 amide bonds. The summed E-state index contributed by atoms with van der Waals surface area (Å²) in [6.45, 7) is 9.03. The Bertz CT molecular complexity index is 1020. The van der Waals surface area contributed by atoms with Crippen LogP contribution in [0.3, 0.4) is 0 Å². The topological polar surface area (TPSA) is 106 Å². The number of hydrogen-bond acceptors (Lipinski definition) is 6. The third kappa shape index (κ3) is 3.72. The molecule has 1 aliphatic heterocycles. The van der Waals surface area contributed by atoms with Gasteiger partial charge < -0.3 is 14.6 Å². The van der Waals surface area contributed by atoms with Crippen LogP contribution in [0, 0.1) is 5.92 Å². The lowest BCUT2D eigenvalue weighted by Crippen LogP contribution is -2.57. The Balaban J connectivity index is 1.32. The predicted octanol–water partition coefficient (Wildman–Crippen LogP) is 2.06. The van der Waals surface area contributed by atoms with Gasteiger partial charge in [-0.1, -0.05) is 0 Å². The molecule has 3 aromatic rings. The van der Waals surface area contributed by atoms with Gasteiger partial charge in [0.05, 0.1) is 5.54 Å². The van der Waals surface area contributed by atoms with Crippen LogP contribution in [0.2, 0.25) is 0 Å². The maximum absolute atomic E-state index is 12.6. The second-order valence-electron chi connectivity index (χ2n) is 8.44. The molecular formula is C20H24N6O3. The predicted molar refractivity (Wildman–Crippen MR) is 105 cm³/mol. The molecule has 1 fully saturated rings. The van der Waals surface area contributed by atoms with Crippen LogP contribution in [-0.2, 0) is 5.54 Å². The van der Waals surface area contributed by atoms with Gasteiger partial charge in [0.15, 0.2) is 5.76 Å². The number of rotatable bonds is 4. The summed E-state index contributed by atoms with van der Waals surface area (Å²) < 4.78 is 7.26. The summed E-state index contributed by atoms with van der Waals surface area (Å²) in [4.78, 5) is 34.9. The highest BCUT2D eigenvalue weighted by Crippen LogP contribution is 2.23. The molecular weight excluding hydrogens is 372 g/mol. The molecule has 29 heavy (non-hydrogen) atoms. The Kier molecular flexibility index (Phi) is 4.60. The van der Waals surface area contributed by atoms with Crippen molar-refractivity contribution in [2.45, 2.75) is 39.3 Å². The molecule has 1 unspecified atom stereocenters. The third-order valence-corrected chi connectivity index (χ3v) is 5.17. The van der Waals surface area contributed by atoms with E-state index in [1.54, 1.807) is 40.4 Å². The fourth-order valence-electron chi connectivity index (χ4n) is 3.21. The maximum Gasteiger partial charge on any atom is 0.293 e. The van der Waals surface area contributed by atoms with Crippen molar-refractivity contribution in [3.8, 4) is 0 Å². The molecule has 0 bridgehead atoms. The summed E-state index contributed by atoms with van der Waals surface area (Å²) in [5.41, 5.74) is 0.398. The standard InChI is InChI=1S/C20H24N6O3/c1-12(23-18(27)16-7-13-8-21-6-5-15(13)29-16)14-9-25(10-14)19(28)17-22-11-26(24-17)20(2,3)4/h5-8,11-12,14H,9-10H2,1-4H3,(H,23,27). The Morgan fingerprint density at radius 1 is 1.31 bits per heavy atom. The van der Waals surface area contributed by atoms with E-state index < -0.39 is 0 Å². The SMILES string of the molecule is CC(NC(=O)c1cc2cnccc2o1)C1CN(C(=O)c2ncn(C(C)(C)C)n2)C1. The average Bonchev–Trinajstić information content (AvgIpc) is 3.27. The van der Waals surface area contributed by atoms with Gasteiger partial charge in [-0.05, 0) is 39.8 Å². The van der Waals surface area contributed by atoms with Crippen LogP contribution >= 0.6 is 0 Å². The summed E-state index contributed by atoms with van der Waals surface area (Å²) in [5, 5.41) is 8.03. The van der Waals surface area contributed by atoms with Gasteiger partial charge in [0.1, 0.15) is 11.9 Å². The lowest BCUT2D eigenvalue weighted by atomic mass is 9.92. The van der Waals surface area contributed by atoms with Gasteiger partial charge in [-0.2, -0.15) is 0 Å². The van der Waals surface area contributed by atoms with Crippen LogP contribution in [0.25, 0.3) is 11.0 Å². The monoisotopic (exact) mass is 396 g/mol. The van der Waals surface area contributed by atoms with Gasteiger partial charge in [-0.3, -0.25) is 14.6 Å². The molecule has 0 saturated carbocycles. The molecule has 0 aliphatic carbocycles. The minimum atomic E-state index is -0.274. The van der Waals surface area contributed by atoms with Crippen molar-refractivity contribution in [2.24, 2.45) is 5.92 Å². The summed E-state index contributed by atoms with van der Waals surface area (Å²) >= 11 is 0. The molecule has 4 heterocycles. The Hall–Kier alpha value is -3.23. The van der Waals surface area contributed by atoms with Crippen LogP contribution < -0.4 is 5.32 Å². The molecule has 1 saturated heterocycles. The molecule has 3 aromatic heterocycles. The molecule has 1 aliphatic rings. The molecule has 9 nitrogen and oxygen atoms in total. The first kappa shape index (κ1) is 19.1. The third-order valence-electron chi connectivity index (χ3n) is 5.17. The number of amides is 2. The number of hydrogen-bond donors (Lipinski definition) is 1. The van der Waals surface area contributed by atoms with Gasteiger partial charge >= 0.3 is 0 Å². The van der Waals surface area contributed by atoms with E-state index in [1.807, 2.05) is 27.7 Å². The first-order valence-electron chi connectivity index (χ1n) is 9.58. The van der Waals surface area contributed by atoms with E-state index in [4.69, 9.17) is 4.42 Å². The van der Waals surface area contributed by atoms with Crippen molar-refractivity contribution in [3.63, 3.8) is 0 Å². The van der Waals surface area contributed by atoms with Gasteiger partial charge in [-0.15, -0.1) is 5.10 Å². The number of nitrogens with one attached hydrogen (secondary N) is 1. The van der Waals surface area contributed by atoms with Gasteiger partial charge in [0.2, 0.25) is 5.82 Å². The Labute approximate surface area is 168 Å². The Morgan fingerprint density at radius 2 is 2.07 bits per heavy atom. The largest absolute Gasteiger partial charge is 0.451 e. The normalized spacial score (nSPS) is 15.9. The fourth-order valence-corrected chi connectivity index (χ4v) is 3.21. The number of carbonyl (C=O) groups excluding carboxylic acids is 2. The number of likely N-dealkylation sites (tertiary alicyclic amines) is 1. The van der Waals surface area contributed by atoms with Crippen LogP contribution in [-0.4, -0.2) is 55.6 Å². The lowest BCUT2D eigenvalue weighted by Gasteiger charge is -2.41. The fraction of sp³-hybridized carbons (Fsp3) is 0.450. The van der Waals surface area contributed by atoms with Crippen molar-refractivity contribution < 1.29 is 14.0 Å². The minimum Gasteiger partial charge on any atom is -0.451 e. The van der Waals surface area contributed by atoms with Gasteiger partial charge in [-0.25, -0.2) is 9.67 Å². The van der Waals surface area contributed by atoms with Gasteiger partial charge in [0, 0.05) is 42.8 Å². The van der Waals surface area contributed by atoms with E-state index in [0.29, 0.717) is 18.7 Å². The van der Waals surface area contributed by atoms with E-state index in [9.17, 15) is 9.59 Å². The van der Waals surface area contributed by atoms with Crippen molar-refractivity contribution >= 4 is 22.8 Å². The van der Waals surface area contributed by atoms with Crippen molar-refractivity contribution in [1.82, 2.24) is 30.0 Å². The molecule has 9 heteroatoms. The molecule has 152 valence electrons. The molecule has 0 spiro atoms. The second kappa shape index (κ2) is 6.98. The molecule has 4 rings (SSSR count). The number of furan rings is 1. The van der Waals surface area contributed by atoms with E-state index in [-0.39, 0.29) is 40.9 Å². The number of nitrogens with zero attached hydrogens (tertiary/aromatic N) is 5. The van der Waals surface area contributed by atoms with Crippen molar-refractivity contribution in [3.05, 3.63) is 42.4 Å². The van der Waals surface area contributed by atoms with Crippen molar-refractivity contribution in [2.75, 3.05) is 13.1 Å². The smallest absolute Gasteiger partial charge is 0.293 e. The van der Waals surface area contributed by atoms with Crippen LogP contribution in [0.4, 0.5) is 0 Å². The summed E-state index contributed by atoms with van der Waals surface area (Å²) in [6, 6.07) is 3.30. The van der Waals surface area contributed by atoms with E-state index in [2.05, 4.69) is 20.4 Å². The summed E-state index contributed by atoms with van der Waals surface area (Å²) in [6.07, 6.45) is 4.86. The maximum atomic E-state index is 12.6. The van der Waals surface area contributed by atoms with Gasteiger partial charge in [0.25, 0.3) is 11.8 Å². The van der Waals surface area contributed by atoms with Crippen LogP contribution in [0.1, 0.15) is 48.9 Å². The summed E-state index contributed by atoms with van der Waals surface area (Å²) in [5.74, 6) is 0.158. The van der Waals surface area contributed by atoms with Crippen LogP contribution in [0.5, 0.6) is 0 Å². The van der Waals surface area contributed by atoms with E-state index >= 15 is 0 Å². The number of pyridine rings is 1. The zero-order valence-electron chi connectivity index (χ0n) is 16.9. The number of fused-ring (bicyclic) bond motifs is 1. The highest BCUT2D eigenvalue weighted by atomic mass is 16.3. The first-order chi connectivity index (χ1) is 13.7.